The molecule has 0 bridgehead atoms. The van der Waals surface area contributed by atoms with Gasteiger partial charge in [-0.1, -0.05) is 0 Å². The minimum absolute atomic E-state index is 0.204. The number of ether oxygens (including phenoxy) is 1. The second kappa shape index (κ2) is 6.66. The fourth-order valence-electron chi connectivity index (χ4n) is 2.06. The Labute approximate surface area is 137 Å². The highest BCUT2D eigenvalue weighted by molar-refractivity contribution is 7.99. The van der Waals surface area contributed by atoms with Crippen molar-refractivity contribution in [3.8, 4) is 5.88 Å². The van der Waals surface area contributed by atoms with Gasteiger partial charge in [0.25, 0.3) is 5.91 Å². The number of hydrogen-bond donors (Lipinski definition) is 1. The van der Waals surface area contributed by atoms with E-state index in [1.807, 2.05) is 25.6 Å². The molecule has 0 radical (unpaired) electrons. The lowest BCUT2D eigenvalue weighted by molar-refractivity contribution is 0.102. The zero-order chi connectivity index (χ0) is 15.5. The molecule has 2 aromatic heterocycles. The van der Waals surface area contributed by atoms with Crippen molar-refractivity contribution in [2.45, 2.75) is 26.4 Å². The van der Waals surface area contributed by atoms with Crippen LogP contribution in [0.4, 0.5) is 5.13 Å². The number of pyridine rings is 1. The van der Waals surface area contributed by atoms with Crippen molar-refractivity contribution in [3.05, 3.63) is 34.5 Å². The van der Waals surface area contributed by atoms with Gasteiger partial charge in [-0.05, 0) is 32.1 Å². The van der Waals surface area contributed by atoms with Crippen molar-refractivity contribution < 1.29 is 9.53 Å². The summed E-state index contributed by atoms with van der Waals surface area (Å²) in [6.07, 6.45) is 2.83. The lowest BCUT2D eigenvalue weighted by atomic mass is 10.2. The van der Waals surface area contributed by atoms with Gasteiger partial charge in [0, 0.05) is 22.9 Å². The van der Waals surface area contributed by atoms with Crippen LogP contribution in [0.5, 0.6) is 5.88 Å². The van der Waals surface area contributed by atoms with Gasteiger partial charge in [-0.3, -0.25) is 10.1 Å². The molecule has 3 rings (SSSR count). The van der Waals surface area contributed by atoms with Gasteiger partial charge in [-0.2, -0.15) is 11.8 Å². The van der Waals surface area contributed by atoms with Crippen molar-refractivity contribution in [3.63, 3.8) is 0 Å². The largest absolute Gasteiger partial charge is 0.473 e. The Bertz CT molecular complexity index is 644. The summed E-state index contributed by atoms with van der Waals surface area (Å²) in [6.45, 7) is 3.91. The van der Waals surface area contributed by atoms with E-state index in [1.54, 1.807) is 18.3 Å². The number of nitrogens with zero attached hydrogens (tertiary/aromatic N) is 2. The molecule has 22 heavy (non-hydrogen) atoms. The van der Waals surface area contributed by atoms with Crippen molar-refractivity contribution in [1.82, 2.24) is 9.97 Å². The molecule has 1 atom stereocenters. The topological polar surface area (TPSA) is 64.1 Å². The number of nitrogens with one attached hydrogen (secondary N) is 1. The van der Waals surface area contributed by atoms with Crippen LogP contribution >= 0.6 is 23.1 Å². The summed E-state index contributed by atoms with van der Waals surface area (Å²) in [6, 6.07) is 3.48. The smallest absolute Gasteiger partial charge is 0.259 e. The maximum atomic E-state index is 12.2. The Hall–Kier alpha value is -1.60. The molecule has 0 spiro atoms. The van der Waals surface area contributed by atoms with E-state index in [2.05, 4.69) is 15.3 Å². The van der Waals surface area contributed by atoms with Gasteiger partial charge >= 0.3 is 0 Å². The minimum Gasteiger partial charge on any atom is -0.473 e. The second-order valence-corrected chi connectivity index (χ2v) is 7.46. The van der Waals surface area contributed by atoms with Crippen LogP contribution in [0.25, 0.3) is 0 Å². The SMILES string of the molecule is Cc1nc(NC(=O)c2ccc(OC3CCSC3)nc2)sc1C. The fourth-order valence-corrected chi connectivity index (χ4v) is 3.96. The van der Waals surface area contributed by atoms with Crippen LogP contribution in [-0.4, -0.2) is 33.5 Å². The van der Waals surface area contributed by atoms with Gasteiger partial charge in [-0.25, -0.2) is 9.97 Å². The molecule has 1 fully saturated rings. The van der Waals surface area contributed by atoms with E-state index in [1.165, 1.54) is 11.3 Å². The number of thiazole rings is 1. The van der Waals surface area contributed by atoms with Crippen LogP contribution in [0.15, 0.2) is 18.3 Å². The predicted molar refractivity (Wildman–Crippen MR) is 90.1 cm³/mol. The number of aryl methyl sites for hydroxylation is 2. The molecule has 0 aliphatic carbocycles. The molecule has 1 aliphatic heterocycles. The first-order chi connectivity index (χ1) is 10.6. The Balaban J connectivity index is 1.62. The van der Waals surface area contributed by atoms with Crippen LogP contribution in [-0.2, 0) is 0 Å². The Morgan fingerprint density at radius 2 is 2.27 bits per heavy atom. The van der Waals surface area contributed by atoms with Crippen molar-refractivity contribution in [2.75, 3.05) is 16.8 Å². The van der Waals surface area contributed by atoms with Crippen LogP contribution in [0.3, 0.4) is 0 Å². The van der Waals surface area contributed by atoms with Crippen LogP contribution in [0, 0.1) is 13.8 Å². The van der Waals surface area contributed by atoms with Crippen LogP contribution in [0.1, 0.15) is 27.3 Å². The second-order valence-electron chi connectivity index (χ2n) is 5.10. The first kappa shape index (κ1) is 15.3. The zero-order valence-corrected chi connectivity index (χ0v) is 14.1. The standard InChI is InChI=1S/C15H17N3O2S2/c1-9-10(2)22-15(17-9)18-14(19)11-3-4-13(16-7-11)20-12-5-6-21-8-12/h3-4,7,12H,5-6,8H2,1-2H3,(H,17,18,19). The van der Waals surface area contributed by atoms with Gasteiger partial charge in [0.2, 0.25) is 5.88 Å². The van der Waals surface area contributed by atoms with E-state index in [0.717, 1.165) is 28.5 Å². The van der Waals surface area contributed by atoms with E-state index < -0.39 is 0 Å². The molecule has 2 aromatic rings. The quantitative estimate of drug-likeness (QED) is 0.929. The predicted octanol–water partition coefficient (Wildman–Crippen LogP) is 3.29. The molecular weight excluding hydrogens is 318 g/mol. The Morgan fingerprint density at radius 1 is 1.41 bits per heavy atom. The highest BCUT2D eigenvalue weighted by atomic mass is 32.2. The van der Waals surface area contributed by atoms with Gasteiger partial charge < -0.3 is 4.74 Å². The maximum Gasteiger partial charge on any atom is 0.259 e. The summed E-state index contributed by atoms with van der Waals surface area (Å²) >= 11 is 3.36. The van der Waals surface area contributed by atoms with Crippen LogP contribution in [0.2, 0.25) is 0 Å². The number of amides is 1. The molecule has 0 aromatic carbocycles. The number of rotatable bonds is 4. The fraction of sp³-hybridized carbons (Fsp3) is 0.400. The number of carbonyl (C=O) groups is 1. The summed E-state index contributed by atoms with van der Waals surface area (Å²) < 4.78 is 5.77. The Kier molecular flexibility index (Phi) is 4.63. The molecule has 7 heteroatoms. The zero-order valence-electron chi connectivity index (χ0n) is 12.5. The maximum absolute atomic E-state index is 12.2. The third-order valence-corrected chi connectivity index (χ3v) is 5.54. The summed E-state index contributed by atoms with van der Waals surface area (Å²) in [4.78, 5) is 21.8. The number of aromatic nitrogens is 2. The highest BCUT2D eigenvalue weighted by Crippen LogP contribution is 2.23. The lowest BCUT2D eigenvalue weighted by Gasteiger charge is -2.11. The van der Waals surface area contributed by atoms with E-state index in [9.17, 15) is 4.79 Å². The summed E-state index contributed by atoms with van der Waals surface area (Å²) in [5.41, 5.74) is 1.44. The molecule has 116 valence electrons. The molecule has 3 heterocycles. The van der Waals surface area contributed by atoms with Crippen molar-refractivity contribution in [1.29, 1.82) is 0 Å². The summed E-state index contributed by atoms with van der Waals surface area (Å²) in [5.74, 6) is 2.51. The monoisotopic (exact) mass is 335 g/mol. The lowest BCUT2D eigenvalue weighted by Crippen LogP contribution is -2.16. The normalized spacial score (nSPS) is 17.5. The summed E-state index contributed by atoms with van der Waals surface area (Å²) in [7, 11) is 0. The van der Waals surface area contributed by atoms with Gasteiger partial charge in [-0.15, -0.1) is 11.3 Å². The average Bonchev–Trinajstić information content (AvgIpc) is 3.10. The van der Waals surface area contributed by atoms with Crippen molar-refractivity contribution in [2.24, 2.45) is 0 Å². The van der Waals surface area contributed by atoms with Gasteiger partial charge in [0.1, 0.15) is 6.10 Å². The van der Waals surface area contributed by atoms with Crippen molar-refractivity contribution >= 4 is 34.1 Å². The minimum atomic E-state index is -0.204. The highest BCUT2D eigenvalue weighted by Gasteiger charge is 2.18. The van der Waals surface area contributed by atoms with E-state index in [-0.39, 0.29) is 12.0 Å². The van der Waals surface area contributed by atoms with Gasteiger partial charge in [0.15, 0.2) is 5.13 Å². The molecule has 1 unspecified atom stereocenters. The number of anilines is 1. The molecule has 1 aliphatic rings. The van der Waals surface area contributed by atoms with E-state index >= 15 is 0 Å². The third kappa shape index (κ3) is 3.59. The van der Waals surface area contributed by atoms with E-state index in [4.69, 9.17) is 4.74 Å². The van der Waals surface area contributed by atoms with E-state index in [0.29, 0.717) is 16.6 Å². The molecule has 5 nitrogen and oxygen atoms in total. The average molecular weight is 335 g/mol. The molecule has 1 N–H and O–H groups in total. The third-order valence-electron chi connectivity index (χ3n) is 3.42. The number of carbonyl (C=O) groups excluding carboxylic acids is 1. The summed E-state index contributed by atoms with van der Waals surface area (Å²) in [5, 5.41) is 3.41. The van der Waals surface area contributed by atoms with Crippen LogP contribution < -0.4 is 10.1 Å². The molecule has 0 saturated carbocycles. The first-order valence-electron chi connectivity index (χ1n) is 7.07. The Morgan fingerprint density at radius 3 is 2.86 bits per heavy atom. The number of hydrogen-bond acceptors (Lipinski definition) is 6. The molecule has 1 saturated heterocycles. The first-order valence-corrected chi connectivity index (χ1v) is 9.05. The number of thioether (sulfide) groups is 1. The molecule has 1 amide bonds. The molecular formula is C15H17N3O2S2. The van der Waals surface area contributed by atoms with Gasteiger partial charge in [0.05, 0.1) is 11.3 Å².